The molecule has 3 aromatic rings. The molecule has 1 fully saturated rings. The first-order valence-corrected chi connectivity index (χ1v) is 11.2. The van der Waals surface area contributed by atoms with Crippen LogP contribution in [0.25, 0.3) is 16.9 Å². The highest BCUT2D eigenvalue weighted by Gasteiger charge is 2.25. The average Bonchev–Trinajstić information content (AvgIpc) is 3.37. The Bertz CT molecular complexity index is 1020. The smallest absolute Gasteiger partial charge is 0.212 e. The third kappa shape index (κ3) is 3.97. The summed E-state index contributed by atoms with van der Waals surface area (Å²) in [6.07, 6.45) is 9.98. The number of pyridine rings is 1. The summed E-state index contributed by atoms with van der Waals surface area (Å²) < 4.78 is 15.2. The first-order valence-electron chi connectivity index (χ1n) is 11.2. The number of methoxy groups -OCH3 is 1. The summed E-state index contributed by atoms with van der Waals surface area (Å²) in [7, 11) is 1.63. The summed E-state index contributed by atoms with van der Waals surface area (Å²) in [6.45, 7) is 5.88. The van der Waals surface area contributed by atoms with Crippen LogP contribution in [0.15, 0.2) is 30.7 Å². The zero-order valence-corrected chi connectivity index (χ0v) is 18.3. The largest absolute Gasteiger partial charge is 0.481 e. The van der Waals surface area contributed by atoms with E-state index >= 15 is 0 Å². The molecule has 1 unspecified atom stereocenters. The molecular formula is C23H30N6O2. The number of aromatic nitrogens is 5. The highest BCUT2D eigenvalue weighted by atomic mass is 16.5. The van der Waals surface area contributed by atoms with Crippen LogP contribution in [0.3, 0.4) is 0 Å². The van der Waals surface area contributed by atoms with Crippen LogP contribution in [-0.2, 0) is 17.6 Å². The summed E-state index contributed by atoms with van der Waals surface area (Å²) in [5, 5.41) is 13.2. The third-order valence-electron chi connectivity index (χ3n) is 6.60. The maximum absolute atomic E-state index is 5.77. The molecule has 0 saturated carbocycles. The zero-order valence-electron chi connectivity index (χ0n) is 18.3. The first kappa shape index (κ1) is 20.2. The molecule has 0 aliphatic carbocycles. The Labute approximate surface area is 182 Å². The van der Waals surface area contributed by atoms with Gasteiger partial charge in [0.2, 0.25) is 5.88 Å². The van der Waals surface area contributed by atoms with Gasteiger partial charge < -0.3 is 14.8 Å². The Morgan fingerprint density at radius 3 is 2.77 bits per heavy atom. The van der Waals surface area contributed by atoms with Gasteiger partial charge in [0.05, 0.1) is 50.1 Å². The molecular weight excluding hydrogens is 392 g/mol. The van der Waals surface area contributed by atoms with Crippen LogP contribution in [0.1, 0.15) is 37.1 Å². The van der Waals surface area contributed by atoms with E-state index in [0.29, 0.717) is 31.1 Å². The number of fused-ring (bicyclic) bond motifs is 1. The lowest BCUT2D eigenvalue weighted by molar-refractivity contribution is 0.145. The predicted octanol–water partition coefficient (Wildman–Crippen LogP) is 2.82. The Balaban J connectivity index is 1.50. The van der Waals surface area contributed by atoms with E-state index in [4.69, 9.17) is 19.7 Å². The van der Waals surface area contributed by atoms with Crippen molar-refractivity contribution < 1.29 is 9.47 Å². The number of nitrogens with zero attached hydrogens (tertiary/aromatic N) is 5. The van der Waals surface area contributed by atoms with Crippen molar-refractivity contribution in [3.63, 3.8) is 0 Å². The van der Waals surface area contributed by atoms with Crippen molar-refractivity contribution in [3.05, 3.63) is 42.0 Å². The van der Waals surface area contributed by atoms with Crippen molar-refractivity contribution in [1.29, 1.82) is 0 Å². The van der Waals surface area contributed by atoms with Crippen LogP contribution in [0.5, 0.6) is 5.88 Å². The Morgan fingerprint density at radius 1 is 1.16 bits per heavy atom. The van der Waals surface area contributed by atoms with Gasteiger partial charge in [-0.25, -0.2) is 9.67 Å². The van der Waals surface area contributed by atoms with Gasteiger partial charge in [-0.1, -0.05) is 0 Å². The lowest BCUT2D eigenvalue weighted by Crippen LogP contribution is -2.31. The van der Waals surface area contributed by atoms with Gasteiger partial charge in [-0.05, 0) is 51.3 Å². The summed E-state index contributed by atoms with van der Waals surface area (Å²) in [6, 6.07) is 4.28. The normalized spacial score (nSPS) is 18.4. The molecule has 1 atom stereocenters. The summed E-state index contributed by atoms with van der Waals surface area (Å²) in [5.41, 5.74) is 5.41. The Hall–Kier alpha value is -2.71. The molecule has 8 heteroatoms. The molecule has 3 aromatic heterocycles. The van der Waals surface area contributed by atoms with Gasteiger partial charge in [-0.15, -0.1) is 0 Å². The minimum Gasteiger partial charge on any atom is -0.481 e. The van der Waals surface area contributed by atoms with Crippen LogP contribution in [0.2, 0.25) is 0 Å². The van der Waals surface area contributed by atoms with Crippen molar-refractivity contribution >= 4 is 0 Å². The highest BCUT2D eigenvalue weighted by Crippen LogP contribution is 2.31. The van der Waals surface area contributed by atoms with Crippen molar-refractivity contribution in [2.75, 3.05) is 33.4 Å². The van der Waals surface area contributed by atoms with Gasteiger partial charge in [0.15, 0.2) is 0 Å². The van der Waals surface area contributed by atoms with E-state index in [1.165, 1.54) is 24.1 Å². The van der Waals surface area contributed by atoms with Gasteiger partial charge in [0.1, 0.15) is 5.69 Å². The first-order chi connectivity index (χ1) is 15.2. The van der Waals surface area contributed by atoms with E-state index in [2.05, 4.69) is 32.8 Å². The van der Waals surface area contributed by atoms with Gasteiger partial charge in [0.25, 0.3) is 0 Å². The molecule has 2 aliphatic heterocycles. The second-order valence-corrected chi connectivity index (χ2v) is 8.39. The van der Waals surface area contributed by atoms with Crippen LogP contribution in [-0.4, -0.2) is 58.0 Å². The lowest BCUT2D eigenvalue weighted by atomic mass is 9.91. The molecule has 1 N–H and O–H groups in total. The number of hydrogen-bond donors (Lipinski definition) is 1. The number of ether oxygens (including phenoxy) is 2. The minimum atomic E-state index is 0.374. The maximum Gasteiger partial charge on any atom is 0.212 e. The molecule has 0 bridgehead atoms. The second-order valence-electron chi connectivity index (χ2n) is 8.39. The number of rotatable bonds is 5. The van der Waals surface area contributed by atoms with Crippen LogP contribution in [0, 0.1) is 5.92 Å². The van der Waals surface area contributed by atoms with Gasteiger partial charge in [-0.2, -0.15) is 10.2 Å². The maximum atomic E-state index is 5.77. The minimum absolute atomic E-state index is 0.374. The summed E-state index contributed by atoms with van der Waals surface area (Å²) >= 11 is 0. The number of hydrogen-bond acceptors (Lipinski definition) is 6. The van der Waals surface area contributed by atoms with E-state index < -0.39 is 0 Å². The SMILES string of the molecule is COc1ccc(-c2nn(-c3cnn(C(C)C4CCNCC4)c3)c3c2CCOCC3)cn1. The van der Waals surface area contributed by atoms with E-state index in [9.17, 15) is 0 Å². The fraction of sp³-hybridized carbons (Fsp3) is 0.522. The van der Waals surface area contributed by atoms with E-state index in [1.807, 2.05) is 24.5 Å². The van der Waals surface area contributed by atoms with Gasteiger partial charge in [0, 0.05) is 29.8 Å². The molecule has 8 nitrogen and oxygen atoms in total. The van der Waals surface area contributed by atoms with Crippen molar-refractivity contribution in [1.82, 2.24) is 29.9 Å². The molecule has 31 heavy (non-hydrogen) atoms. The molecule has 0 spiro atoms. The standard InChI is InChI=1S/C23H30N6O2/c1-16(17-5-9-24-10-6-17)28-15-19(14-26-28)29-21-8-12-31-11-7-20(21)23(27-29)18-3-4-22(30-2)25-13-18/h3-4,13-17,24H,5-12H2,1-2H3. The quantitative estimate of drug-likeness (QED) is 0.681. The monoisotopic (exact) mass is 422 g/mol. The molecule has 2 aliphatic rings. The van der Waals surface area contributed by atoms with Crippen molar-refractivity contribution in [3.8, 4) is 22.8 Å². The topological polar surface area (TPSA) is 79.0 Å². The fourth-order valence-corrected chi connectivity index (χ4v) is 4.74. The van der Waals surface area contributed by atoms with E-state index in [-0.39, 0.29) is 0 Å². The fourth-order valence-electron chi connectivity index (χ4n) is 4.74. The van der Waals surface area contributed by atoms with Crippen LogP contribution >= 0.6 is 0 Å². The van der Waals surface area contributed by atoms with Crippen LogP contribution in [0.4, 0.5) is 0 Å². The van der Waals surface area contributed by atoms with Gasteiger partial charge in [-0.3, -0.25) is 4.68 Å². The molecule has 5 heterocycles. The third-order valence-corrected chi connectivity index (χ3v) is 6.60. The Kier molecular flexibility index (Phi) is 5.74. The zero-order chi connectivity index (χ0) is 21.2. The predicted molar refractivity (Wildman–Crippen MR) is 118 cm³/mol. The summed E-state index contributed by atoms with van der Waals surface area (Å²) in [5.74, 6) is 1.25. The number of nitrogens with one attached hydrogen (secondary N) is 1. The van der Waals surface area contributed by atoms with Crippen molar-refractivity contribution in [2.24, 2.45) is 5.92 Å². The second kappa shape index (κ2) is 8.80. The highest BCUT2D eigenvalue weighted by molar-refractivity contribution is 5.64. The molecule has 164 valence electrons. The average molecular weight is 423 g/mol. The van der Waals surface area contributed by atoms with Crippen LogP contribution < -0.4 is 10.1 Å². The van der Waals surface area contributed by atoms with Gasteiger partial charge >= 0.3 is 0 Å². The molecule has 0 radical (unpaired) electrons. The Morgan fingerprint density at radius 2 is 2.00 bits per heavy atom. The molecule has 0 amide bonds. The van der Waals surface area contributed by atoms with E-state index in [0.717, 1.165) is 42.9 Å². The molecule has 1 saturated heterocycles. The molecule has 5 rings (SSSR count). The van der Waals surface area contributed by atoms with E-state index in [1.54, 1.807) is 7.11 Å². The van der Waals surface area contributed by atoms with Crippen molar-refractivity contribution in [2.45, 2.75) is 38.6 Å². The number of piperidine rings is 1. The molecule has 0 aromatic carbocycles. The lowest BCUT2D eigenvalue weighted by Gasteiger charge is -2.28. The summed E-state index contributed by atoms with van der Waals surface area (Å²) in [4.78, 5) is 4.38.